The van der Waals surface area contributed by atoms with E-state index >= 15 is 0 Å². The Labute approximate surface area is 108 Å². The predicted molar refractivity (Wildman–Crippen MR) is 70.4 cm³/mol. The molecule has 0 N–H and O–H groups in total. The molecule has 2 atom stereocenters. The molecule has 0 radical (unpaired) electrons. The maximum absolute atomic E-state index is 10.6. The normalized spacial score (nSPS) is 21.7. The molecule has 0 spiro atoms. The summed E-state index contributed by atoms with van der Waals surface area (Å²) in [5, 5.41) is 17.0. The maximum atomic E-state index is 10.6. The van der Waals surface area contributed by atoms with Crippen molar-refractivity contribution in [3.05, 3.63) is 10.1 Å². The number of hydrogen-bond acceptors (Lipinski definition) is 5. The highest BCUT2D eigenvalue weighted by Crippen LogP contribution is 2.17. The lowest BCUT2D eigenvalue weighted by molar-refractivity contribution is -0.484. The van der Waals surface area contributed by atoms with Crippen LogP contribution in [-0.4, -0.2) is 49.0 Å². The van der Waals surface area contributed by atoms with Gasteiger partial charge in [0.15, 0.2) is 0 Å². The van der Waals surface area contributed by atoms with Crippen LogP contribution >= 0.6 is 0 Å². The Morgan fingerprint density at radius 1 is 1.67 bits per heavy atom. The first-order chi connectivity index (χ1) is 8.67. The molecule has 104 valence electrons. The third-order valence-electron chi connectivity index (χ3n) is 3.17. The molecule has 1 rings (SSSR count). The minimum atomic E-state index is -0.261. The van der Waals surface area contributed by atoms with E-state index in [2.05, 4.69) is 5.10 Å². The first kappa shape index (κ1) is 14.9. The van der Waals surface area contributed by atoms with Crippen molar-refractivity contribution >= 4 is 6.21 Å². The topological polar surface area (TPSA) is 68.0 Å². The Morgan fingerprint density at radius 2 is 2.44 bits per heavy atom. The zero-order chi connectivity index (χ0) is 13.4. The van der Waals surface area contributed by atoms with Crippen molar-refractivity contribution in [3.8, 4) is 0 Å². The van der Waals surface area contributed by atoms with E-state index in [-0.39, 0.29) is 17.4 Å². The summed E-state index contributed by atoms with van der Waals surface area (Å²) in [5.74, 6) is -0.0613. The number of hydrazone groups is 1. The third kappa shape index (κ3) is 5.00. The van der Waals surface area contributed by atoms with Gasteiger partial charge >= 0.3 is 0 Å². The second-order valence-corrected chi connectivity index (χ2v) is 4.74. The highest BCUT2D eigenvalue weighted by molar-refractivity contribution is 5.60. The summed E-state index contributed by atoms with van der Waals surface area (Å²) < 4.78 is 5.15. The van der Waals surface area contributed by atoms with Gasteiger partial charge < -0.3 is 4.74 Å². The van der Waals surface area contributed by atoms with Gasteiger partial charge in [0.1, 0.15) is 0 Å². The molecule has 0 unspecified atom stereocenters. The quantitative estimate of drug-likeness (QED) is 0.377. The van der Waals surface area contributed by atoms with Crippen LogP contribution in [0.25, 0.3) is 0 Å². The van der Waals surface area contributed by atoms with E-state index in [4.69, 9.17) is 4.74 Å². The van der Waals surface area contributed by atoms with Crippen LogP contribution in [0.15, 0.2) is 5.10 Å². The van der Waals surface area contributed by atoms with Gasteiger partial charge in [-0.15, -0.1) is 0 Å². The summed E-state index contributed by atoms with van der Waals surface area (Å²) in [4.78, 5) is 10.3. The monoisotopic (exact) mass is 257 g/mol. The van der Waals surface area contributed by atoms with E-state index in [0.29, 0.717) is 12.6 Å². The molecule has 1 saturated heterocycles. The van der Waals surface area contributed by atoms with Crippen molar-refractivity contribution in [2.45, 2.75) is 38.6 Å². The molecular formula is C12H23N3O3. The molecule has 0 aliphatic carbocycles. The van der Waals surface area contributed by atoms with Gasteiger partial charge in [0.25, 0.3) is 0 Å². The third-order valence-corrected chi connectivity index (χ3v) is 3.17. The molecule has 0 aromatic rings. The Hall–Kier alpha value is -1.17. The highest BCUT2D eigenvalue weighted by Gasteiger charge is 2.23. The van der Waals surface area contributed by atoms with Crippen LogP contribution in [0.4, 0.5) is 0 Å². The van der Waals surface area contributed by atoms with Gasteiger partial charge in [-0.25, -0.2) is 0 Å². The molecule has 0 bridgehead atoms. The number of ether oxygens (including phenoxy) is 1. The Bertz CT molecular complexity index is 284. The van der Waals surface area contributed by atoms with Gasteiger partial charge in [-0.05, 0) is 19.3 Å². The van der Waals surface area contributed by atoms with Gasteiger partial charge in [-0.2, -0.15) is 5.10 Å². The molecular weight excluding hydrogens is 234 g/mol. The van der Waals surface area contributed by atoms with Crippen molar-refractivity contribution in [1.82, 2.24) is 5.01 Å². The lowest BCUT2D eigenvalue weighted by atomic mass is 10.1. The molecule has 1 fully saturated rings. The Morgan fingerprint density at radius 3 is 3.06 bits per heavy atom. The number of hydrogen-bond donors (Lipinski definition) is 0. The summed E-state index contributed by atoms with van der Waals surface area (Å²) in [7, 11) is 1.69. The molecule has 0 amide bonds. The summed E-state index contributed by atoms with van der Waals surface area (Å²) in [5.41, 5.74) is 0. The van der Waals surface area contributed by atoms with Crippen LogP contribution in [0.5, 0.6) is 0 Å². The van der Waals surface area contributed by atoms with Crippen LogP contribution in [-0.2, 0) is 4.74 Å². The fraction of sp³-hybridized carbons (Fsp3) is 0.917. The van der Waals surface area contributed by atoms with E-state index in [1.165, 1.54) is 0 Å². The Balaban J connectivity index is 2.50. The Kier molecular flexibility index (Phi) is 6.64. The highest BCUT2D eigenvalue weighted by atomic mass is 16.6. The molecule has 0 aromatic heterocycles. The number of methoxy groups -OCH3 is 1. The first-order valence-corrected chi connectivity index (χ1v) is 6.58. The molecule has 6 heteroatoms. The summed E-state index contributed by atoms with van der Waals surface area (Å²) in [6, 6.07) is 0.323. The molecule has 18 heavy (non-hydrogen) atoms. The lowest BCUT2D eigenvalue weighted by Crippen LogP contribution is -2.29. The van der Waals surface area contributed by atoms with Gasteiger partial charge in [0.05, 0.1) is 18.6 Å². The van der Waals surface area contributed by atoms with Crippen molar-refractivity contribution in [1.29, 1.82) is 0 Å². The molecule has 1 aliphatic heterocycles. The minimum Gasteiger partial charge on any atom is -0.382 e. The van der Waals surface area contributed by atoms with Gasteiger partial charge in [-0.1, -0.05) is 13.3 Å². The van der Waals surface area contributed by atoms with Crippen molar-refractivity contribution in [2.75, 3.05) is 26.8 Å². The predicted octanol–water partition coefficient (Wildman–Crippen LogP) is 1.78. The molecule has 1 heterocycles. The van der Waals surface area contributed by atoms with E-state index in [9.17, 15) is 10.1 Å². The van der Waals surface area contributed by atoms with E-state index in [1.807, 2.05) is 11.9 Å². The standard InChI is InChI=1S/C12H23N3O3/c1-3-5-11(9-15(16)17)8-13-14-7-4-6-12(14)10-18-2/h8,11-12H,3-7,9-10H2,1-2H3/b13-8+/t11-,12+/m1/s1. The molecule has 1 aliphatic rings. The average Bonchev–Trinajstić information content (AvgIpc) is 2.74. The fourth-order valence-corrected chi connectivity index (χ4v) is 2.29. The zero-order valence-corrected chi connectivity index (χ0v) is 11.2. The van der Waals surface area contributed by atoms with Crippen molar-refractivity contribution in [3.63, 3.8) is 0 Å². The maximum Gasteiger partial charge on any atom is 0.211 e. The summed E-state index contributed by atoms with van der Waals surface area (Å²) >= 11 is 0. The van der Waals surface area contributed by atoms with E-state index in [0.717, 1.165) is 32.2 Å². The first-order valence-electron chi connectivity index (χ1n) is 6.58. The van der Waals surface area contributed by atoms with E-state index < -0.39 is 0 Å². The van der Waals surface area contributed by atoms with Crippen LogP contribution in [0.1, 0.15) is 32.6 Å². The van der Waals surface area contributed by atoms with Crippen LogP contribution in [0, 0.1) is 16.0 Å². The lowest BCUT2D eigenvalue weighted by Gasteiger charge is -2.21. The number of nitro groups is 1. The van der Waals surface area contributed by atoms with E-state index in [1.54, 1.807) is 13.3 Å². The number of rotatable bonds is 8. The smallest absolute Gasteiger partial charge is 0.211 e. The number of nitrogens with zero attached hydrogens (tertiary/aromatic N) is 3. The van der Waals surface area contributed by atoms with Gasteiger partial charge in [-0.3, -0.25) is 15.1 Å². The van der Waals surface area contributed by atoms with Crippen molar-refractivity contribution in [2.24, 2.45) is 11.0 Å². The average molecular weight is 257 g/mol. The summed E-state index contributed by atoms with van der Waals surface area (Å²) in [6.45, 7) is 3.59. The molecule has 6 nitrogen and oxygen atoms in total. The van der Waals surface area contributed by atoms with Crippen LogP contribution < -0.4 is 0 Å². The largest absolute Gasteiger partial charge is 0.382 e. The molecule has 0 aromatic carbocycles. The SMILES string of the molecule is CCC[C@H](/C=N/N1CCC[C@H]1COC)C[N+](=O)[O-]. The van der Waals surface area contributed by atoms with Crippen LogP contribution in [0.2, 0.25) is 0 Å². The minimum absolute atomic E-state index is 0.0277. The summed E-state index contributed by atoms with van der Waals surface area (Å²) in [6.07, 6.45) is 5.69. The van der Waals surface area contributed by atoms with Crippen molar-refractivity contribution < 1.29 is 9.66 Å². The van der Waals surface area contributed by atoms with Gasteiger partial charge in [0.2, 0.25) is 6.54 Å². The van der Waals surface area contributed by atoms with Gasteiger partial charge in [0, 0.05) is 24.8 Å². The zero-order valence-electron chi connectivity index (χ0n) is 11.2. The molecule has 0 saturated carbocycles. The second kappa shape index (κ2) is 8.02. The second-order valence-electron chi connectivity index (χ2n) is 4.74. The van der Waals surface area contributed by atoms with Crippen LogP contribution in [0.3, 0.4) is 0 Å². The fourth-order valence-electron chi connectivity index (χ4n) is 2.29.